The molecule has 2 heterocycles. The van der Waals surface area contributed by atoms with Crippen LogP contribution < -0.4 is 4.90 Å². The molecule has 0 aliphatic carbocycles. The summed E-state index contributed by atoms with van der Waals surface area (Å²) in [5.74, 6) is -2.94. The first-order chi connectivity index (χ1) is 14.0. The van der Waals surface area contributed by atoms with Crippen LogP contribution in [-0.2, 0) is 31.8 Å². The summed E-state index contributed by atoms with van der Waals surface area (Å²) >= 11 is 0. The molecule has 1 N–H and O–H groups in total. The van der Waals surface area contributed by atoms with Crippen molar-refractivity contribution < 1.29 is 23.7 Å². The highest BCUT2D eigenvalue weighted by molar-refractivity contribution is 7.99. The zero-order valence-corrected chi connectivity index (χ0v) is 15.9. The Hall–Kier alpha value is -3.52. The van der Waals surface area contributed by atoms with E-state index in [9.17, 15) is 18.6 Å². The van der Waals surface area contributed by atoms with E-state index in [0.29, 0.717) is 16.6 Å². The zero-order valence-electron chi connectivity index (χ0n) is 15.1. The van der Waals surface area contributed by atoms with Crippen LogP contribution in [0, 0.1) is 5.92 Å². The highest BCUT2D eigenvalue weighted by Crippen LogP contribution is 2.28. The first kappa shape index (κ1) is 18.8. The Morgan fingerprint density at radius 3 is 2.52 bits per heavy atom. The van der Waals surface area contributed by atoms with Crippen molar-refractivity contribution in [2.75, 3.05) is 4.90 Å². The molecule has 4 rings (SSSR count). The van der Waals surface area contributed by atoms with Crippen molar-refractivity contribution in [2.45, 2.75) is 6.42 Å². The summed E-state index contributed by atoms with van der Waals surface area (Å²) in [4.78, 5) is 37.1. The quantitative estimate of drug-likeness (QED) is 0.655. The first-order valence-corrected chi connectivity index (χ1v) is 9.91. The van der Waals surface area contributed by atoms with Crippen molar-refractivity contribution in [3.8, 4) is 0 Å². The third-order valence-electron chi connectivity index (χ3n) is 4.68. The molecule has 8 heteroatoms. The van der Waals surface area contributed by atoms with E-state index in [-0.39, 0.29) is 6.42 Å². The molecule has 2 aromatic carbocycles. The number of amides is 1. The lowest BCUT2D eigenvalue weighted by molar-refractivity contribution is -0.143. The Labute approximate surface area is 168 Å². The molecule has 1 aliphatic heterocycles. The minimum atomic E-state index is -1.89. The summed E-state index contributed by atoms with van der Waals surface area (Å²) in [7, 11) is -1.89. The number of benzene rings is 2. The van der Waals surface area contributed by atoms with Gasteiger partial charge in [0.1, 0.15) is 0 Å². The number of carboxylic acid groups (broad SMARTS) is 1. The molecule has 0 radical (unpaired) electrons. The molecule has 29 heavy (non-hydrogen) atoms. The number of hydrogen-bond acceptors (Lipinski definition) is 4. The molecule has 1 aromatic heterocycles. The molecule has 2 atom stereocenters. The van der Waals surface area contributed by atoms with Crippen LogP contribution >= 0.6 is 0 Å². The number of carbonyl (C=O) groups is 3. The number of carbonyl (C=O) groups excluding carboxylic acids is 2. The standard InChI is InChI=1S/C21H16N2O5S/c24-19(12-14-4-2-1-3-5-14)29(28)23-11-8-15-13-16(6-7-18(15)23)22-10-9-17(20(22)25)21(26)27/h1-11,13,17H,12H2,(H,26,27). The molecule has 0 bridgehead atoms. The third-order valence-corrected chi connectivity index (χ3v) is 5.89. The minimum Gasteiger partial charge on any atom is -0.480 e. The first-order valence-electron chi connectivity index (χ1n) is 8.80. The maximum atomic E-state index is 12.7. The number of nitrogens with zero attached hydrogens (tertiary/aromatic N) is 2. The molecular weight excluding hydrogens is 392 g/mol. The van der Waals surface area contributed by atoms with Gasteiger partial charge < -0.3 is 5.11 Å². The van der Waals surface area contributed by atoms with Crippen LogP contribution in [0.2, 0.25) is 0 Å². The van der Waals surface area contributed by atoms with E-state index >= 15 is 0 Å². The largest absolute Gasteiger partial charge is 0.480 e. The molecule has 146 valence electrons. The minimum absolute atomic E-state index is 0.0643. The number of aromatic nitrogens is 1. The summed E-state index contributed by atoms with van der Waals surface area (Å²) in [5, 5.41) is 9.34. The van der Waals surface area contributed by atoms with E-state index in [0.717, 1.165) is 5.56 Å². The highest BCUT2D eigenvalue weighted by atomic mass is 32.2. The van der Waals surface area contributed by atoms with Crippen LogP contribution in [0.5, 0.6) is 0 Å². The lowest BCUT2D eigenvalue weighted by Gasteiger charge is -2.15. The van der Waals surface area contributed by atoms with Gasteiger partial charge in [-0.2, -0.15) is 0 Å². The topological polar surface area (TPSA) is 96.7 Å². The lowest BCUT2D eigenvalue weighted by atomic mass is 10.1. The van der Waals surface area contributed by atoms with Crippen molar-refractivity contribution >= 4 is 44.6 Å². The fraction of sp³-hybridized carbons (Fsp3) is 0.0952. The van der Waals surface area contributed by atoms with Gasteiger partial charge in [0, 0.05) is 29.9 Å². The Morgan fingerprint density at radius 1 is 1.07 bits per heavy atom. The average molecular weight is 408 g/mol. The van der Waals surface area contributed by atoms with Crippen LogP contribution in [-0.4, -0.2) is 30.3 Å². The second-order valence-corrected chi connectivity index (χ2v) is 7.88. The molecule has 0 fully saturated rings. The van der Waals surface area contributed by atoms with Crippen molar-refractivity contribution in [1.82, 2.24) is 3.97 Å². The van der Waals surface area contributed by atoms with Gasteiger partial charge in [0.15, 0.2) is 16.9 Å². The number of fused-ring (bicyclic) bond motifs is 1. The van der Waals surface area contributed by atoms with Crippen molar-refractivity contribution in [2.24, 2.45) is 5.92 Å². The maximum absolute atomic E-state index is 12.7. The van der Waals surface area contributed by atoms with Crippen LogP contribution in [0.25, 0.3) is 10.9 Å². The van der Waals surface area contributed by atoms with Gasteiger partial charge in [-0.25, -0.2) is 4.21 Å². The Kier molecular flexibility index (Phi) is 4.85. The molecule has 2 unspecified atom stereocenters. The molecule has 0 spiro atoms. The van der Waals surface area contributed by atoms with Gasteiger partial charge in [-0.1, -0.05) is 30.3 Å². The number of aliphatic carboxylic acids is 1. The van der Waals surface area contributed by atoms with Gasteiger partial charge in [0.2, 0.25) is 11.0 Å². The fourth-order valence-electron chi connectivity index (χ4n) is 3.21. The van der Waals surface area contributed by atoms with Crippen molar-refractivity contribution in [3.63, 3.8) is 0 Å². The third kappa shape index (κ3) is 3.50. The van der Waals surface area contributed by atoms with Gasteiger partial charge in [-0.15, -0.1) is 0 Å². The van der Waals surface area contributed by atoms with Gasteiger partial charge in [-0.3, -0.25) is 23.3 Å². The lowest BCUT2D eigenvalue weighted by Crippen LogP contribution is -2.29. The fourth-order valence-corrected chi connectivity index (χ4v) is 4.24. The number of anilines is 1. The Balaban J connectivity index is 1.58. The van der Waals surface area contributed by atoms with E-state index in [4.69, 9.17) is 5.11 Å². The summed E-state index contributed by atoms with van der Waals surface area (Å²) < 4.78 is 14.1. The molecule has 1 aliphatic rings. The van der Waals surface area contributed by atoms with Crippen molar-refractivity contribution in [3.05, 3.63) is 78.6 Å². The molecular formula is C21H16N2O5S. The monoisotopic (exact) mass is 408 g/mol. The summed E-state index contributed by atoms with van der Waals surface area (Å²) in [6.45, 7) is 0. The number of rotatable bonds is 5. The van der Waals surface area contributed by atoms with Crippen LogP contribution in [0.4, 0.5) is 5.69 Å². The Morgan fingerprint density at radius 2 is 1.83 bits per heavy atom. The van der Waals surface area contributed by atoms with E-state index in [1.54, 1.807) is 42.6 Å². The van der Waals surface area contributed by atoms with Crippen LogP contribution in [0.1, 0.15) is 5.56 Å². The SMILES string of the molecule is O=C(O)C1C=CN(c2ccc3c(ccn3S(=O)C(=O)Cc3ccccc3)c2)C1=O. The molecule has 1 amide bonds. The molecule has 3 aromatic rings. The molecule has 0 saturated carbocycles. The van der Waals surface area contributed by atoms with Gasteiger partial charge in [-0.05, 0) is 35.9 Å². The number of carboxylic acids is 1. The van der Waals surface area contributed by atoms with E-state index in [2.05, 4.69) is 0 Å². The predicted molar refractivity (Wildman–Crippen MR) is 108 cm³/mol. The second-order valence-electron chi connectivity index (χ2n) is 6.53. The summed E-state index contributed by atoms with van der Waals surface area (Å²) in [6, 6.07) is 15.8. The smallest absolute Gasteiger partial charge is 0.320 e. The molecule has 0 saturated heterocycles. The number of hydrogen-bond donors (Lipinski definition) is 1. The second kappa shape index (κ2) is 7.48. The molecule has 7 nitrogen and oxygen atoms in total. The summed E-state index contributed by atoms with van der Waals surface area (Å²) in [5.41, 5.74) is 1.87. The van der Waals surface area contributed by atoms with E-state index < -0.39 is 33.9 Å². The normalized spacial score (nSPS) is 17.0. The van der Waals surface area contributed by atoms with Gasteiger partial charge in [0.05, 0.1) is 5.52 Å². The average Bonchev–Trinajstić information content (AvgIpc) is 3.31. The van der Waals surface area contributed by atoms with Gasteiger partial charge >= 0.3 is 5.97 Å². The van der Waals surface area contributed by atoms with Crippen LogP contribution in [0.3, 0.4) is 0 Å². The van der Waals surface area contributed by atoms with Gasteiger partial charge in [0.25, 0.3) is 0 Å². The highest BCUT2D eigenvalue weighted by Gasteiger charge is 2.33. The maximum Gasteiger partial charge on any atom is 0.320 e. The van der Waals surface area contributed by atoms with Crippen LogP contribution in [0.15, 0.2) is 73.1 Å². The van der Waals surface area contributed by atoms with E-state index in [1.165, 1.54) is 21.1 Å². The van der Waals surface area contributed by atoms with Crippen molar-refractivity contribution in [1.29, 1.82) is 0 Å². The van der Waals surface area contributed by atoms with E-state index in [1.807, 2.05) is 18.2 Å². The Bertz CT molecular complexity index is 1180. The predicted octanol–water partition coefficient (Wildman–Crippen LogP) is 2.48. The summed E-state index contributed by atoms with van der Waals surface area (Å²) in [6.07, 6.45) is 4.39. The zero-order chi connectivity index (χ0) is 20.5.